The molecule has 2 fully saturated rings. The molecule has 1 unspecified atom stereocenters. The Bertz CT molecular complexity index is 665. The Kier molecular flexibility index (Phi) is 7.17. The monoisotopic (exact) mass is 401 g/mol. The molecule has 5 nitrogen and oxygen atoms in total. The predicted molar refractivity (Wildman–Crippen MR) is 101 cm³/mol. The van der Waals surface area contributed by atoms with E-state index in [0.717, 1.165) is 44.5 Å². The Balaban J connectivity index is 0.00000261. The quantitative estimate of drug-likeness (QED) is 0.815. The number of piperidine rings is 1. The number of hydrogen-bond acceptors (Lipinski definition) is 3. The highest BCUT2D eigenvalue weighted by Crippen LogP contribution is 2.37. The van der Waals surface area contributed by atoms with Crippen molar-refractivity contribution in [3.05, 3.63) is 35.4 Å². The van der Waals surface area contributed by atoms with E-state index in [9.17, 15) is 18.4 Å². The molecule has 2 aliphatic heterocycles. The Hall–Kier alpha value is -1.73. The summed E-state index contributed by atoms with van der Waals surface area (Å²) in [4.78, 5) is 25.9. The van der Waals surface area contributed by atoms with Crippen LogP contribution < -0.4 is 10.6 Å². The second-order valence-corrected chi connectivity index (χ2v) is 7.40. The highest BCUT2D eigenvalue weighted by atomic mass is 35.5. The van der Waals surface area contributed by atoms with Crippen molar-refractivity contribution in [2.24, 2.45) is 5.41 Å². The maximum Gasteiger partial charge on any atom is 0.224 e. The van der Waals surface area contributed by atoms with Crippen LogP contribution in [0.3, 0.4) is 0 Å². The summed E-state index contributed by atoms with van der Waals surface area (Å²) >= 11 is 0. The fraction of sp³-hybridized carbons (Fsp3) is 0.579. The lowest BCUT2D eigenvalue weighted by molar-refractivity contribution is -0.134. The lowest BCUT2D eigenvalue weighted by Gasteiger charge is -2.39. The number of nitrogens with zero attached hydrogens (tertiary/aromatic N) is 1. The van der Waals surface area contributed by atoms with E-state index < -0.39 is 23.6 Å². The number of benzene rings is 1. The number of likely N-dealkylation sites (tertiary alicyclic amines) is 1. The Morgan fingerprint density at radius 1 is 1.22 bits per heavy atom. The van der Waals surface area contributed by atoms with Gasteiger partial charge >= 0.3 is 0 Å². The zero-order valence-corrected chi connectivity index (χ0v) is 16.2. The SMILES string of the molecule is CC(=O)NC(CC(=O)N1CCC2(CCNC2)CC1)c1c(F)cccc1F.Cl. The van der Waals surface area contributed by atoms with Crippen LogP contribution in [0.5, 0.6) is 0 Å². The smallest absolute Gasteiger partial charge is 0.224 e. The summed E-state index contributed by atoms with van der Waals surface area (Å²) in [5.41, 5.74) is 0.0235. The number of carbonyl (C=O) groups is 2. The lowest BCUT2D eigenvalue weighted by atomic mass is 9.78. The second-order valence-electron chi connectivity index (χ2n) is 7.40. The van der Waals surface area contributed by atoms with Gasteiger partial charge in [0.2, 0.25) is 11.8 Å². The van der Waals surface area contributed by atoms with Gasteiger partial charge in [0, 0.05) is 32.1 Å². The fourth-order valence-electron chi connectivity index (χ4n) is 4.07. The summed E-state index contributed by atoms with van der Waals surface area (Å²) in [6, 6.07) is 2.52. The van der Waals surface area contributed by atoms with E-state index in [4.69, 9.17) is 0 Å². The van der Waals surface area contributed by atoms with Crippen LogP contribution >= 0.6 is 12.4 Å². The van der Waals surface area contributed by atoms with E-state index in [2.05, 4.69) is 10.6 Å². The van der Waals surface area contributed by atoms with E-state index in [-0.39, 0.29) is 35.7 Å². The van der Waals surface area contributed by atoms with Crippen LogP contribution in [0.15, 0.2) is 18.2 Å². The first-order valence-electron chi connectivity index (χ1n) is 9.10. The minimum absolute atomic E-state index is 0. The highest BCUT2D eigenvalue weighted by Gasteiger charge is 2.38. The highest BCUT2D eigenvalue weighted by molar-refractivity contribution is 5.85. The molecule has 2 aliphatic rings. The van der Waals surface area contributed by atoms with Gasteiger partial charge in [-0.25, -0.2) is 8.78 Å². The molecular formula is C19H26ClF2N3O2. The molecule has 2 amide bonds. The van der Waals surface area contributed by atoms with Crippen molar-refractivity contribution in [3.63, 3.8) is 0 Å². The van der Waals surface area contributed by atoms with E-state index in [1.807, 2.05) is 0 Å². The summed E-state index contributed by atoms with van der Waals surface area (Å²) in [5, 5.41) is 5.90. The molecule has 0 radical (unpaired) electrons. The lowest BCUT2D eigenvalue weighted by Crippen LogP contribution is -2.45. The molecule has 0 bridgehead atoms. The van der Waals surface area contributed by atoms with Gasteiger partial charge in [-0.05, 0) is 43.4 Å². The number of amides is 2. The van der Waals surface area contributed by atoms with Gasteiger partial charge in [0.05, 0.1) is 12.5 Å². The number of hydrogen-bond donors (Lipinski definition) is 2. The molecule has 1 aromatic carbocycles. The molecule has 0 aliphatic carbocycles. The minimum Gasteiger partial charge on any atom is -0.349 e. The molecule has 1 atom stereocenters. The van der Waals surface area contributed by atoms with E-state index >= 15 is 0 Å². The van der Waals surface area contributed by atoms with Gasteiger partial charge in [-0.1, -0.05) is 6.07 Å². The van der Waals surface area contributed by atoms with Crippen LogP contribution in [0.2, 0.25) is 0 Å². The van der Waals surface area contributed by atoms with E-state index in [0.29, 0.717) is 13.1 Å². The summed E-state index contributed by atoms with van der Waals surface area (Å²) in [7, 11) is 0. The van der Waals surface area contributed by atoms with Gasteiger partial charge in [-0.2, -0.15) is 0 Å². The van der Waals surface area contributed by atoms with Gasteiger partial charge in [0.25, 0.3) is 0 Å². The minimum atomic E-state index is -1.01. The molecular weight excluding hydrogens is 376 g/mol. The second kappa shape index (κ2) is 8.97. The number of carbonyl (C=O) groups excluding carboxylic acids is 2. The van der Waals surface area contributed by atoms with E-state index in [1.165, 1.54) is 13.0 Å². The van der Waals surface area contributed by atoms with Crippen molar-refractivity contribution in [3.8, 4) is 0 Å². The van der Waals surface area contributed by atoms with E-state index in [1.54, 1.807) is 4.90 Å². The molecule has 8 heteroatoms. The maximum absolute atomic E-state index is 14.1. The molecule has 0 saturated carbocycles. The van der Waals surface area contributed by atoms with Crippen LogP contribution in [0.1, 0.15) is 44.2 Å². The molecule has 1 aromatic rings. The summed E-state index contributed by atoms with van der Waals surface area (Å²) in [6.45, 7) is 4.57. The van der Waals surface area contributed by atoms with Crippen LogP contribution in [0.4, 0.5) is 8.78 Å². The number of rotatable bonds is 4. The van der Waals surface area contributed by atoms with Crippen LogP contribution in [0, 0.1) is 17.0 Å². The normalized spacial score (nSPS) is 19.4. The Morgan fingerprint density at radius 2 is 1.85 bits per heavy atom. The molecule has 2 heterocycles. The van der Waals surface area contributed by atoms with Crippen molar-refractivity contribution in [2.45, 2.75) is 38.6 Å². The van der Waals surface area contributed by atoms with Gasteiger partial charge in [-0.15, -0.1) is 12.4 Å². The fourth-order valence-corrected chi connectivity index (χ4v) is 4.07. The number of halogens is 3. The van der Waals surface area contributed by atoms with Gasteiger partial charge < -0.3 is 15.5 Å². The largest absolute Gasteiger partial charge is 0.349 e. The first-order valence-corrected chi connectivity index (χ1v) is 9.10. The first-order chi connectivity index (χ1) is 12.4. The topological polar surface area (TPSA) is 61.4 Å². The summed E-state index contributed by atoms with van der Waals surface area (Å²) in [5.74, 6) is -2.13. The maximum atomic E-state index is 14.1. The van der Waals surface area contributed by atoms with Crippen molar-refractivity contribution in [2.75, 3.05) is 26.2 Å². The summed E-state index contributed by atoms with van der Waals surface area (Å²) < 4.78 is 28.2. The molecule has 2 saturated heterocycles. The predicted octanol–water partition coefficient (Wildman–Crippen LogP) is 2.56. The van der Waals surface area contributed by atoms with Crippen molar-refractivity contribution < 1.29 is 18.4 Å². The van der Waals surface area contributed by atoms with Gasteiger partial charge in [0.15, 0.2) is 0 Å². The molecule has 27 heavy (non-hydrogen) atoms. The average molecular weight is 402 g/mol. The zero-order chi connectivity index (χ0) is 18.7. The average Bonchev–Trinajstić information content (AvgIpc) is 3.02. The third-order valence-corrected chi connectivity index (χ3v) is 5.61. The van der Waals surface area contributed by atoms with Crippen molar-refractivity contribution in [1.29, 1.82) is 0 Å². The Morgan fingerprint density at radius 3 is 2.37 bits per heavy atom. The molecule has 150 valence electrons. The first kappa shape index (κ1) is 21.6. The molecule has 2 N–H and O–H groups in total. The van der Waals surface area contributed by atoms with Crippen molar-refractivity contribution >= 4 is 24.2 Å². The van der Waals surface area contributed by atoms with Crippen molar-refractivity contribution in [1.82, 2.24) is 15.5 Å². The zero-order valence-electron chi connectivity index (χ0n) is 15.4. The Labute approximate surface area is 164 Å². The number of nitrogens with one attached hydrogen (secondary N) is 2. The third-order valence-electron chi connectivity index (χ3n) is 5.61. The van der Waals surface area contributed by atoms with Crippen LogP contribution in [-0.4, -0.2) is 42.9 Å². The summed E-state index contributed by atoms with van der Waals surface area (Å²) in [6.07, 6.45) is 2.85. The van der Waals surface area contributed by atoms with Gasteiger partial charge in [-0.3, -0.25) is 9.59 Å². The molecule has 1 spiro atoms. The third kappa shape index (κ3) is 4.96. The van der Waals surface area contributed by atoms with Crippen LogP contribution in [-0.2, 0) is 9.59 Å². The molecule has 0 aromatic heterocycles. The molecule has 3 rings (SSSR count). The van der Waals surface area contributed by atoms with Gasteiger partial charge in [0.1, 0.15) is 11.6 Å². The van der Waals surface area contributed by atoms with Crippen LogP contribution in [0.25, 0.3) is 0 Å². The standard InChI is InChI=1S/C19H25F2N3O2.ClH/c1-13(25)23-16(18-14(20)3-2-4-15(18)21)11-17(26)24-9-6-19(7-10-24)5-8-22-12-19;/h2-4,16,22H,5-12H2,1H3,(H,23,25);1H.